The highest BCUT2D eigenvalue weighted by molar-refractivity contribution is 7.92. The third kappa shape index (κ3) is 5.80. The van der Waals surface area contributed by atoms with Crippen LogP contribution in [0, 0.1) is 0 Å². The Balaban J connectivity index is 0.00000256. The molecule has 0 saturated carbocycles. The zero-order valence-electron chi connectivity index (χ0n) is 17.3. The van der Waals surface area contributed by atoms with Gasteiger partial charge in [-0.25, -0.2) is 8.42 Å². The van der Waals surface area contributed by atoms with Gasteiger partial charge in [0.1, 0.15) is 5.75 Å². The Bertz CT molecular complexity index is 929. The first-order valence-corrected chi connectivity index (χ1v) is 12.1. The van der Waals surface area contributed by atoms with E-state index in [1.807, 2.05) is 30.3 Å². The van der Waals surface area contributed by atoms with E-state index in [-0.39, 0.29) is 12.4 Å². The first-order chi connectivity index (χ1) is 14.0. The Morgan fingerprint density at radius 3 is 2.43 bits per heavy atom. The van der Waals surface area contributed by atoms with Crippen LogP contribution in [0.3, 0.4) is 0 Å². The minimum Gasteiger partial charge on any atom is -0.493 e. The molecule has 0 amide bonds. The Morgan fingerprint density at radius 2 is 1.73 bits per heavy atom. The predicted octanol–water partition coefficient (Wildman–Crippen LogP) is 3.56. The molecular weight excluding hydrogens is 422 g/mol. The van der Waals surface area contributed by atoms with E-state index < -0.39 is 10.0 Å². The molecule has 1 fully saturated rings. The van der Waals surface area contributed by atoms with Crippen LogP contribution in [0.1, 0.15) is 24.3 Å². The van der Waals surface area contributed by atoms with Crippen molar-refractivity contribution in [1.29, 1.82) is 0 Å². The van der Waals surface area contributed by atoms with Gasteiger partial charge in [-0.2, -0.15) is 0 Å². The molecule has 2 aromatic carbocycles. The second kappa shape index (κ2) is 9.90. The van der Waals surface area contributed by atoms with E-state index in [2.05, 4.69) is 32.7 Å². The number of anilines is 2. The Labute approximate surface area is 185 Å². The molecule has 1 atom stereocenters. The maximum Gasteiger partial charge on any atom is 0.229 e. The van der Waals surface area contributed by atoms with E-state index in [9.17, 15) is 8.42 Å². The first-order valence-electron chi connectivity index (χ1n) is 10.2. The molecule has 164 valence electrons. The van der Waals surface area contributed by atoms with Gasteiger partial charge in [0.15, 0.2) is 0 Å². The van der Waals surface area contributed by atoms with Crippen LogP contribution in [0.4, 0.5) is 11.4 Å². The molecule has 8 heteroatoms. The van der Waals surface area contributed by atoms with Gasteiger partial charge in [0.25, 0.3) is 0 Å². The van der Waals surface area contributed by atoms with E-state index in [1.165, 1.54) is 18.2 Å². The number of rotatable bonds is 6. The predicted molar refractivity (Wildman–Crippen MR) is 125 cm³/mol. The lowest BCUT2D eigenvalue weighted by Gasteiger charge is -2.37. The van der Waals surface area contributed by atoms with Crippen LogP contribution in [0.25, 0.3) is 0 Å². The van der Waals surface area contributed by atoms with Gasteiger partial charge in [-0.3, -0.25) is 9.62 Å². The number of ether oxygens (including phenoxy) is 1. The second-order valence-electron chi connectivity index (χ2n) is 7.91. The molecule has 0 radical (unpaired) electrons. The van der Waals surface area contributed by atoms with Crippen molar-refractivity contribution in [2.75, 3.05) is 55.2 Å². The number of fused-ring (bicyclic) bond motifs is 1. The number of halogens is 1. The molecule has 1 saturated heterocycles. The molecule has 6 nitrogen and oxygen atoms in total. The van der Waals surface area contributed by atoms with Crippen molar-refractivity contribution in [2.45, 2.75) is 18.8 Å². The van der Waals surface area contributed by atoms with Gasteiger partial charge in [0.05, 0.1) is 12.9 Å². The fourth-order valence-corrected chi connectivity index (χ4v) is 4.80. The number of nitrogens with one attached hydrogen (secondary N) is 1. The summed E-state index contributed by atoms with van der Waals surface area (Å²) in [6, 6.07) is 16.1. The summed E-state index contributed by atoms with van der Waals surface area (Å²) in [7, 11) is -3.23. The average Bonchev–Trinajstić information content (AvgIpc) is 2.72. The van der Waals surface area contributed by atoms with Crippen LogP contribution < -0.4 is 14.4 Å². The van der Waals surface area contributed by atoms with Gasteiger partial charge in [0, 0.05) is 37.6 Å². The van der Waals surface area contributed by atoms with Crippen LogP contribution in [-0.4, -0.2) is 58.9 Å². The van der Waals surface area contributed by atoms with E-state index in [0.29, 0.717) is 11.6 Å². The second-order valence-corrected chi connectivity index (χ2v) is 9.66. The molecule has 2 aromatic rings. The number of hydrogen-bond acceptors (Lipinski definition) is 5. The van der Waals surface area contributed by atoms with Crippen molar-refractivity contribution in [3.05, 3.63) is 54.1 Å². The summed E-state index contributed by atoms with van der Waals surface area (Å²) in [6.45, 7) is 6.01. The van der Waals surface area contributed by atoms with Gasteiger partial charge >= 0.3 is 0 Å². The number of nitrogens with zero attached hydrogens (tertiary/aromatic N) is 2. The summed E-state index contributed by atoms with van der Waals surface area (Å²) >= 11 is 0. The Hall–Kier alpha value is -1.96. The van der Waals surface area contributed by atoms with Crippen molar-refractivity contribution in [3.63, 3.8) is 0 Å². The van der Waals surface area contributed by atoms with Crippen molar-refractivity contribution in [1.82, 2.24) is 4.90 Å². The van der Waals surface area contributed by atoms with Gasteiger partial charge < -0.3 is 9.64 Å². The highest BCUT2D eigenvalue weighted by Crippen LogP contribution is 2.35. The van der Waals surface area contributed by atoms with E-state index in [1.54, 1.807) is 0 Å². The molecule has 30 heavy (non-hydrogen) atoms. The summed E-state index contributed by atoms with van der Waals surface area (Å²) < 4.78 is 31.0. The lowest BCUT2D eigenvalue weighted by Crippen LogP contribution is -2.46. The summed E-state index contributed by atoms with van der Waals surface area (Å²) in [4.78, 5) is 4.92. The maximum atomic E-state index is 11.3. The van der Waals surface area contributed by atoms with E-state index in [0.717, 1.165) is 57.2 Å². The monoisotopic (exact) mass is 451 g/mol. The zero-order valence-corrected chi connectivity index (χ0v) is 18.9. The van der Waals surface area contributed by atoms with Gasteiger partial charge in [-0.15, -0.1) is 12.4 Å². The standard InChI is InChI=1S/C22H29N3O3S.ClH/c1-29(26,27)23-19-6-8-20(9-7-19)25-15-13-24(14-16-25)12-10-18-11-17-28-22-5-3-2-4-21(18)22;/h2-9,18,23H,10-17H2,1H3;1H. The van der Waals surface area contributed by atoms with Gasteiger partial charge in [0.2, 0.25) is 10.0 Å². The van der Waals surface area contributed by atoms with E-state index in [4.69, 9.17) is 4.74 Å². The molecule has 2 aliphatic heterocycles. The Kier molecular flexibility index (Phi) is 7.50. The highest BCUT2D eigenvalue weighted by Gasteiger charge is 2.23. The summed E-state index contributed by atoms with van der Waals surface area (Å²) in [5.74, 6) is 1.65. The smallest absolute Gasteiger partial charge is 0.229 e. The summed E-state index contributed by atoms with van der Waals surface area (Å²) in [6.07, 6.45) is 3.44. The Morgan fingerprint density at radius 1 is 1.03 bits per heavy atom. The normalized spacial score (nSPS) is 19.4. The van der Waals surface area contributed by atoms with Gasteiger partial charge in [-0.1, -0.05) is 18.2 Å². The molecular formula is C22H30ClN3O3S. The lowest BCUT2D eigenvalue weighted by atomic mass is 9.90. The molecule has 2 aliphatic rings. The lowest BCUT2D eigenvalue weighted by molar-refractivity contribution is 0.223. The van der Waals surface area contributed by atoms with Crippen molar-refractivity contribution < 1.29 is 13.2 Å². The number of hydrogen-bond donors (Lipinski definition) is 1. The molecule has 0 bridgehead atoms. The topological polar surface area (TPSA) is 61.9 Å². The zero-order chi connectivity index (χ0) is 20.3. The van der Waals surface area contributed by atoms with Crippen LogP contribution in [-0.2, 0) is 10.0 Å². The summed E-state index contributed by atoms with van der Waals surface area (Å²) in [5.41, 5.74) is 3.11. The van der Waals surface area contributed by atoms with Gasteiger partial charge in [-0.05, 0) is 61.2 Å². The van der Waals surface area contributed by atoms with Crippen molar-refractivity contribution in [2.24, 2.45) is 0 Å². The maximum absolute atomic E-state index is 11.3. The molecule has 0 aromatic heterocycles. The first kappa shape index (κ1) is 22.7. The third-order valence-corrected chi connectivity index (χ3v) is 6.39. The number of sulfonamides is 1. The number of para-hydroxylation sites is 1. The SMILES string of the molecule is CS(=O)(=O)Nc1ccc(N2CCN(CCC3CCOc4ccccc43)CC2)cc1.Cl. The van der Waals surface area contributed by atoms with Crippen LogP contribution in [0.2, 0.25) is 0 Å². The largest absolute Gasteiger partial charge is 0.493 e. The molecule has 0 aliphatic carbocycles. The molecule has 2 heterocycles. The fraction of sp³-hybridized carbons (Fsp3) is 0.455. The minimum atomic E-state index is -3.23. The summed E-state index contributed by atoms with van der Waals surface area (Å²) in [5, 5.41) is 0. The number of benzene rings is 2. The van der Waals surface area contributed by atoms with Crippen LogP contribution >= 0.6 is 12.4 Å². The molecule has 1 unspecified atom stereocenters. The van der Waals surface area contributed by atoms with Crippen molar-refractivity contribution in [3.8, 4) is 5.75 Å². The van der Waals surface area contributed by atoms with Crippen LogP contribution in [0.15, 0.2) is 48.5 Å². The quantitative estimate of drug-likeness (QED) is 0.727. The fourth-order valence-electron chi connectivity index (χ4n) is 4.24. The third-order valence-electron chi connectivity index (χ3n) is 5.78. The number of piperazine rings is 1. The van der Waals surface area contributed by atoms with Crippen molar-refractivity contribution >= 4 is 33.8 Å². The molecule has 1 N–H and O–H groups in total. The highest BCUT2D eigenvalue weighted by atomic mass is 35.5. The molecule has 0 spiro atoms. The molecule has 4 rings (SSSR count). The van der Waals surface area contributed by atoms with E-state index >= 15 is 0 Å². The average molecular weight is 452 g/mol. The minimum absolute atomic E-state index is 0. The van der Waals surface area contributed by atoms with Crippen LogP contribution in [0.5, 0.6) is 5.75 Å².